The van der Waals surface area contributed by atoms with Crippen molar-refractivity contribution in [2.24, 2.45) is 4.99 Å². The van der Waals surface area contributed by atoms with Gasteiger partial charge in [-0.25, -0.2) is 19.4 Å². The Labute approximate surface area is 159 Å². The molecule has 0 aliphatic heterocycles. The molecule has 0 aliphatic carbocycles. The highest BCUT2D eigenvalue weighted by Crippen LogP contribution is 2.29. The van der Waals surface area contributed by atoms with E-state index in [1.807, 2.05) is 6.07 Å². The van der Waals surface area contributed by atoms with Crippen molar-refractivity contribution in [3.63, 3.8) is 0 Å². The number of nitrogens with one attached hydrogen (secondary N) is 2. The van der Waals surface area contributed by atoms with E-state index in [0.29, 0.717) is 12.0 Å². The number of aliphatic imine (C=N–C) groups is 1. The molecule has 2 aromatic heterocycles. The molecule has 2 N–H and O–H groups in total. The van der Waals surface area contributed by atoms with E-state index in [9.17, 15) is 14.4 Å². The lowest BCUT2D eigenvalue weighted by Crippen LogP contribution is -2.43. The topological polar surface area (TPSA) is 141 Å². The van der Waals surface area contributed by atoms with Crippen molar-refractivity contribution in [3.05, 3.63) is 47.7 Å². The van der Waals surface area contributed by atoms with Gasteiger partial charge in [0.05, 0.1) is 27.6 Å². The number of methoxy groups -OCH3 is 3. The molecule has 0 fully saturated rings. The number of nitrogens with zero attached hydrogens (tertiary/aromatic N) is 2. The number of aromatic nitrogens is 1. The Kier molecular flexibility index (Phi) is 7.08. The molecule has 11 heteroatoms. The van der Waals surface area contributed by atoms with Gasteiger partial charge in [0.1, 0.15) is 5.69 Å². The van der Waals surface area contributed by atoms with E-state index < -0.39 is 18.2 Å². The highest BCUT2D eigenvalue weighted by Gasteiger charge is 2.23. The van der Waals surface area contributed by atoms with Crippen LogP contribution in [0.2, 0.25) is 0 Å². The first kappa shape index (κ1) is 20.4. The van der Waals surface area contributed by atoms with E-state index in [1.165, 1.54) is 13.4 Å². The first-order chi connectivity index (χ1) is 13.5. The van der Waals surface area contributed by atoms with Crippen molar-refractivity contribution < 1.29 is 33.0 Å². The summed E-state index contributed by atoms with van der Waals surface area (Å²) < 4.78 is 19.0. The number of rotatable bonds is 4. The lowest BCUT2D eigenvalue weighted by Gasteiger charge is -2.09. The third-order valence-corrected chi connectivity index (χ3v) is 3.36. The van der Waals surface area contributed by atoms with Crippen LogP contribution in [-0.4, -0.2) is 50.4 Å². The zero-order chi connectivity index (χ0) is 20.5. The first-order valence-electron chi connectivity index (χ1n) is 7.84. The van der Waals surface area contributed by atoms with Gasteiger partial charge < -0.3 is 18.6 Å². The summed E-state index contributed by atoms with van der Waals surface area (Å²) in [6, 6.07) is 3.58. The van der Waals surface area contributed by atoms with E-state index in [-0.39, 0.29) is 17.4 Å². The summed E-state index contributed by atoms with van der Waals surface area (Å²) >= 11 is 0. The van der Waals surface area contributed by atoms with Crippen LogP contribution < -0.4 is 10.6 Å². The van der Waals surface area contributed by atoms with Crippen molar-refractivity contribution in [3.8, 4) is 0 Å². The molecule has 2 amide bonds. The van der Waals surface area contributed by atoms with Gasteiger partial charge in [-0.2, -0.15) is 0 Å². The summed E-state index contributed by atoms with van der Waals surface area (Å²) in [5, 5.41) is 4.43. The molecule has 0 aromatic carbocycles. The van der Waals surface area contributed by atoms with Gasteiger partial charge in [-0.3, -0.25) is 15.6 Å². The molecule has 0 radical (unpaired) electrons. The predicted molar refractivity (Wildman–Crippen MR) is 95.3 cm³/mol. The molecule has 0 spiro atoms. The Balaban J connectivity index is 2.48. The number of alkyl carbamates (subject to hydrolysis) is 2. The Hall–Kier alpha value is -3.89. The SMILES string of the molecule is COC(=O)NC(=Nc1c(Cc2cccnc2)coc1C(=O)OC)NC(=O)OC. The lowest BCUT2D eigenvalue weighted by molar-refractivity contribution is 0.0566. The van der Waals surface area contributed by atoms with Gasteiger partial charge in [-0.1, -0.05) is 6.07 Å². The van der Waals surface area contributed by atoms with Crippen molar-refractivity contribution >= 4 is 29.8 Å². The fraction of sp³-hybridized carbons (Fsp3) is 0.235. The molecular formula is C17H18N4O7. The third kappa shape index (κ3) is 5.30. The number of amides is 2. The quantitative estimate of drug-likeness (QED) is 0.348. The molecule has 2 aromatic rings. The monoisotopic (exact) mass is 390 g/mol. The summed E-state index contributed by atoms with van der Waals surface area (Å²) in [5.74, 6) is -1.33. The molecule has 148 valence electrons. The Bertz CT molecular complexity index is 857. The van der Waals surface area contributed by atoms with Crippen LogP contribution in [0.1, 0.15) is 21.7 Å². The minimum Gasteiger partial charge on any atom is -0.463 e. The van der Waals surface area contributed by atoms with Crippen LogP contribution in [0, 0.1) is 0 Å². The second-order valence-corrected chi connectivity index (χ2v) is 5.16. The first-order valence-corrected chi connectivity index (χ1v) is 7.84. The smallest absolute Gasteiger partial charge is 0.413 e. The zero-order valence-corrected chi connectivity index (χ0v) is 15.3. The maximum absolute atomic E-state index is 12.0. The van der Waals surface area contributed by atoms with Crippen LogP contribution in [0.4, 0.5) is 15.3 Å². The van der Waals surface area contributed by atoms with Gasteiger partial charge in [0, 0.05) is 24.4 Å². The summed E-state index contributed by atoms with van der Waals surface area (Å²) in [6.07, 6.45) is 3.11. The molecule has 28 heavy (non-hydrogen) atoms. The average Bonchev–Trinajstić information content (AvgIpc) is 3.09. The summed E-state index contributed by atoms with van der Waals surface area (Å²) in [7, 11) is 3.45. The number of esters is 1. The van der Waals surface area contributed by atoms with E-state index in [0.717, 1.165) is 19.8 Å². The highest BCUT2D eigenvalue weighted by molar-refractivity contribution is 6.03. The number of hydrogen-bond acceptors (Lipinski definition) is 9. The van der Waals surface area contributed by atoms with Crippen LogP contribution in [0.3, 0.4) is 0 Å². The van der Waals surface area contributed by atoms with Gasteiger partial charge in [-0.05, 0) is 11.6 Å². The number of pyridine rings is 1. The van der Waals surface area contributed by atoms with Gasteiger partial charge >= 0.3 is 18.2 Å². The standard InChI is InChI=1S/C17H18N4O7/c1-25-14(22)13-12(11(9-28-13)7-10-5-4-6-18-8-10)19-15(20-16(23)26-2)21-17(24)27-3/h4-6,8-9H,7H2,1-3H3,(H2,19,20,21,23,24). The normalized spacial score (nSPS) is 9.82. The maximum Gasteiger partial charge on any atom is 0.413 e. The molecule has 0 bridgehead atoms. The molecule has 0 unspecified atom stereocenters. The number of ether oxygens (including phenoxy) is 3. The van der Waals surface area contributed by atoms with Crippen LogP contribution in [0.15, 0.2) is 40.2 Å². The second kappa shape index (κ2) is 9.71. The van der Waals surface area contributed by atoms with E-state index in [4.69, 9.17) is 4.42 Å². The number of guanidine groups is 1. The average molecular weight is 390 g/mol. The van der Waals surface area contributed by atoms with Crippen LogP contribution >= 0.6 is 0 Å². The molecule has 0 aliphatic rings. The number of furan rings is 1. The molecule has 0 saturated carbocycles. The Morgan fingerprint density at radius 3 is 2.32 bits per heavy atom. The molecular weight excluding hydrogens is 372 g/mol. The van der Waals surface area contributed by atoms with Crippen LogP contribution in [0.25, 0.3) is 0 Å². The predicted octanol–water partition coefficient (Wildman–Crippen LogP) is 1.75. The van der Waals surface area contributed by atoms with Crippen molar-refractivity contribution in [2.75, 3.05) is 21.3 Å². The van der Waals surface area contributed by atoms with Gasteiger partial charge in [0.25, 0.3) is 0 Å². The Morgan fingerprint density at radius 1 is 1.11 bits per heavy atom. The summed E-state index contributed by atoms with van der Waals surface area (Å²) in [6.45, 7) is 0. The van der Waals surface area contributed by atoms with Gasteiger partial charge in [0.15, 0.2) is 0 Å². The zero-order valence-electron chi connectivity index (χ0n) is 15.3. The van der Waals surface area contributed by atoms with Crippen molar-refractivity contribution in [2.45, 2.75) is 6.42 Å². The van der Waals surface area contributed by atoms with E-state index in [1.54, 1.807) is 18.5 Å². The summed E-state index contributed by atoms with van der Waals surface area (Å²) in [4.78, 5) is 43.3. The van der Waals surface area contributed by atoms with Crippen molar-refractivity contribution in [1.29, 1.82) is 0 Å². The molecule has 0 saturated heterocycles. The fourth-order valence-corrected chi connectivity index (χ4v) is 2.09. The second-order valence-electron chi connectivity index (χ2n) is 5.16. The van der Waals surface area contributed by atoms with Gasteiger partial charge in [-0.15, -0.1) is 0 Å². The lowest BCUT2D eigenvalue weighted by atomic mass is 10.1. The number of carbonyl (C=O) groups excluding carboxylic acids is 3. The fourth-order valence-electron chi connectivity index (χ4n) is 2.09. The largest absolute Gasteiger partial charge is 0.463 e. The minimum absolute atomic E-state index is 0.0542. The maximum atomic E-state index is 12.0. The molecule has 2 rings (SSSR count). The molecule has 11 nitrogen and oxygen atoms in total. The van der Waals surface area contributed by atoms with Gasteiger partial charge in [0.2, 0.25) is 11.7 Å². The van der Waals surface area contributed by atoms with E-state index in [2.05, 4.69) is 34.8 Å². The van der Waals surface area contributed by atoms with Crippen molar-refractivity contribution in [1.82, 2.24) is 15.6 Å². The number of hydrogen-bond donors (Lipinski definition) is 2. The summed E-state index contributed by atoms with van der Waals surface area (Å²) in [5.41, 5.74) is 1.36. The minimum atomic E-state index is -0.896. The molecule has 0 atom stereocenters. The van der Waals surface area contributed by atoms with E-state index >= 15 is 0 Å². The number of carbonyl (C=O) groups is 3. The van der Waals surface area contributed by atoms with Crippen LogP contribution in [-0.2, 0) is 20.6 Å². The molecule has 2 heterocycles. The van der Waals surface area contributed by atoms with Crippen LogP contribution in [0.5, 0.6) is 0 Å². The third-order valence-electron chi connectivity index (χ3n) is 3.36. The highest BCUT2D eigenvalue weighted by atomic mass is 16.5. The Morgan fingerprint density at radius 2 is 1.79 bits per heavy atom.